The largest absolute Gasteiger partial charge is 0.497 e. The molecule has 7 heteroatoms. The number of nitrogens with zero attached hydrogens (tertiary/aromatic N) is 2. The predicted octanol–water partition coefficient (Wildman–Crippen LogP) is 5.21. The lowest BCUT2D eigenvalue weighted by Gasteiger charge is -2.48. The number of carbonyl (C=O) groups is 1. The molecule has 2 heterocycles. The Morgan fingerprint density at radius 1 is 1.08 bits per heavy atom. The van der Waals surface area contributed by atoms with Gasteiger partial charge in [-0.05, 0) is 66.8 Å². The Morgan fingerprint density at radius 2 is 1.79 bits per heavy atom. The first-order chi connectivity index (χ1) is 18.4. The molecule has 6 nitrogen and oxygen atoms in total. The summed E-state index contributed by atoms with van der Waals surface area (Å²) in [5, 5.41) is 3.73. The standard InChI is InChI=1S/C31H35ClN4O2/c1-21-16-31(17-29(27(33)18-34-2)35(21)19-22-7-5-4-6-8-22)26-15-24(32)11-14-28(26)36(30(31)37)20-23-9-12-25(38-3)13-10-23/h4-15,18,21,29,34H,16-17,19-20,33H2,1-3H3/b27-18-. The molecule has 1 saturated heterocycles. The SMILES string of the molecule is CN/C=C(\N)C1CC2(CC(C)N1Cc1ccccc1)C(=O)N(Cc1ccc(OC)cc1)c1ccc(Cl)cc12. The zero-order chi connectivity index (χ0) is 26.9. The van der Waals surface area contributed by atoms with Crippen molar-refractivity contribution >= 4 is 23.2 Å². The Kier molecular flexibility index (Phi) is 7.37. The van der Waals surface area contributed by atoms with E-state index < -0.39 is 5.41 Å². The van der Waals surface area contributed by atoms with E-state index in [1.165, 1.54) is 5.56 Å². The fourth-order valence-corrected chi connectivity index (χ4v) is 6.34. The number of halogens is 1. The molecular formula is C31H35ClN4O2. The molecule has 3 aromatic rings. The highest BCUT2D eigenvalue weighted by molar-refractivity contribution is 6.31. The monoisotopic (exact) mass is 530 g/mol. The Morgan fingerprint density at radius 3 is 2.47 bits per heavy atom. The number of nitrogens with two attached hydrogens (primary N) is 1. The van der Waals surface area contributed by atoms with E-state index >= 15 is 0 Å². The Labute approximate surface area is 230 Å². The minimum atomic E-state index is -0.712. The molecule has 0 aromatic heterocycles. The number of fused-ring (bicyclic) bond motifs is 2. The van der Waals surface area contributed by atoms with Crippen molar-refractivity contribution in [2.75, 3.05) is 19.1 Å². The van der Waals surface area contributed by atoms with Gasteiger partial charge >= 0.3 is 0 Å². The Bertz CT molecular complexity index is 1330. The molecule has 38 heavy (non-hydrogen) atoms. The van der Waals surface area contributed by atoms with E-state index in [1.54, 1.807) is 7.11 Å². The topological polar surface area (TPSA) is 70.8 Å². The normalized spacial score (nSPS) is 23.5. The molecule has 1 spiro atoms. The smallest absolute Gasteiger partial charge is 0.238 e. The Hall–Kier alpha value is -3.48. The molecule has 198 valence electrons. The van der Waals surface area contributed by atoms with Crippen LogP contribution in [0.3, 0.4) is 0 Å². The van der Waals surface area contributed by atoms with Crippen molar-refractivity contribution in [3.05, 3.63) is 106 Å². The highest BCUT2D eigenvalue weighted by Crippen LogP contribution is 2.52. The van der Waals surface area contributed by atoms with Crippen LogP contribution < -0.4 is 20.7 Å². The number of carbonyl (C=O) groups excluding carboxylic acids is 1. The van der Waals surface area contributed by atoms with Crippen LogP contribution in [0.4, 0.5) is 5.69 Å². The number of anilines is 1. The van der Waals surface area contributed by atoms with Gasteiger partial charge in [-0.15, -0.1) is 0 Å². The number of piperidine rings is 1. The van der Waals surface area contributed by atoms with Crippen molar-refractivity contribution in [2.45, 2.75) is 50.4 Å². The van der Waals surface area contributed by atoms with E-state index in [0.717, 1.165) is 34.8 Å². The van der Waals surface area contributed by atoms with Crippen LogP contribution in [-0.2, 0) is 23.3 Å². The Balaban J connectivity index is 1.54. The molecule has 0 bridgehead atoms. The molecule has 0 radical (unpaired) electrons. The summed E-state index contributed by atoms with van der Waals surface area (Å²) in [6.45, 7) is 3.44. The van der Waals surface area contributed by atoms with E-state index in [4.69, 9.17) is 22.1 Å². The van der Waals surface area contributed by atoms with Crippen molar-refractivity contribution in [1.29, 1.82) is 0 Å². The second-order valence-electron chi connectivity index (χ2n) is 10.3. The molecule has 3 aromatic carbocycles. The number of benzene rings is 3. The number of nitrogens with one attached hydrogen (secondary N) is 1. The third-order valence-corrected chi connectivity index (χ3v) is 8.21. The van der Waals surface area contributed by atoms with E-state index in [0.29, 0.717) is 24.4 Å². The van der Waals surface area contributed by atoms with E-state index in [1.807, 2.05) is 66.7 Å². The lowest BCUT2D eigenvalue weighted by molar-refractivity contribution is -0.126. The van der Waals surface area contributed by atoms with E-state index in [2.05, 4.69) is 41.4 Å². The van der Waals surface area contributed by atoms with Crippen LogP contribution in [0.25, 0.3) is 0 Å². The molecule has 3 atom stereocenters. The second-order valence-corrected chi connectivity index (χ2v) is 10.8. The summed E-state index contributed by atoms with van der Waals surface area (Å²) in [4.78, 5) is 18.8. The van der Waals surface area contributed by atoms with Crippen LogP contribution in [0.15, 0.2) is 84.7 Å². The predicted molar refractivity (Wildman–Crippen MR) is 153 cm³/mol. The number of likely N-dealkylation sites (tertiary alicyclic amines) is 1. The van der Waals surface area contributed by atoms with Gasteiger partial charge in [0, 0.05) is 42.2 Å². The highest BCUT2D eigenvalue weighted by atomic mass is 35.5. The fraction of sp³-hybridized carbons (Fsp3) is 0.323. The number of methoxy groups -OCH3 is 1. The summed E-state index contributed by atoms with van der Waals surface area (Å²) in [6.07, 6.45) is 3.12. The minimum Gasteiger partial charge on any atom is -0.497 e. The maximum Gasteiger partial charge on any atom is 0.238 e. The fourth-order valence-electron chi connectivity index (χ4n) is 6.17. The molecule has 1 fully saturated rings. The lowest BCUT2D eigenvalue weighted by atomic mass is 9.68. The van der Waals surface area contributed by atoms with Gasteiger partial charge in [0.05, 0.1) is 25.1 Å². The van der Waals surface area contributed by atoms with Crippen LogP contribution in [0.5, 0.6) is 5.75 Å². The molecule has 0 saturated carbocycles. The molecule has 2 aliphatic rings. The number of hydrogen-bond donors (Lipinski definition) is 2. The van der Waals surface area contributed by atoms with Crippen molar-refractivity contribution in [3.8, 4) is 5.75 Å². The number of ether oxygens (including phenoxy) is 1. The van der Waals surface area contributed by atoms with Gasteiger partial charge in [-0.25, -0.2) is 0 Å². The summed E-state index contributed by atoms with van der Waals surface area (Å²) < 4.78 is 5.32. The molecular weight excluding hydrogens is 496 g/mol. The van der Waals surface area contributed by atoms with Gasteiger partial charge in [0.25, 0.3) is 0 Å². The average molecular weight is 531 g/mol. The van der Waals surface area contributed by atoms with Crippen LogP contribution >= 0.6 is 11.6 Å². The summed E-state index contributed by atoms with van der Waals surface area (Å²) >= 11 is 6.54. The van der Waals surface area contributed by atoms with Crippen LogP contribution in [-0.4, -0.2) is 37.0 Å². The molecule has 1 amide bonds. The first-order valence-corrected chi connectivity index (χ1v) is 13.4. The van der Waals surface area contributed by atoms with Gasteiger partial charge in [0.1, 0.15) is 5.75 Å². The third-order valence-electron chi connectivity index (χ3n) is 7.98. The molecule has 5 rings (SSSR count). The molecule has 3 N–H and O–H groups in total. The van der Waals surface area contributed by atoms with Gasteiger partial charge in [-0.1, -0.05) is 54.1 Å². The van der Waals surface area contributed by atoms with Crippen LogP contribution in [0.1, 0.15) is 36.5 Å². The molecule has 3 unspecified atom stereocenters. The maximum atomic E-state index is 14.5. The minimum absolute atomic E-state index is 0.106. The van der Waals surface area contributed by atoms with E-state index in [9.17, 15) is 4.79 Å². The molecule has 0 aliphatic carbocycles. The van der Waals surface area contributed by atoms with Gasteiger partial charge in [0.15, 0.2) is 0 Å². The van der Waals surface area contributed by atoms with Crippen molar-refractivity contribution < 1.29 is 9.53 Å². The zero-order valence-electron chi connectivity index (χ0n) is 22.2. The van der Waals surface area contributed by atoms with Gasteiger partial charge in [0.2, 0.25) is 5.91 Å². The zero-order valence-corrected chi connectivity index (χ0v) is 22.9. The first kappa shape index (κ1) is 26.1. The van der Waals surface area contributed by atoms with Crippen molar-refractivity contribution in [1.82, 2.24) is 10.2 Å². The van der Waals surface area contributed by atoms with E-state index in [-0.39, 0.29) is 18.0 Å². The van der Waals surface area contributed by atoms with Gasteiger partial charge in [-0.3, -0.25) is 9.69 Å². The summed E-state index contributed by atoms with van der Waals surface area (Å²) in [6, 6.07) is 24.1. The average Bonchev–Trinajstić information content (AvgIpc) is 3.13. The second kappa shape index (κ2) is 10.7. The van der Waals surface area contributed by atoms with Crippen molar-refractivity contribution in [3.63, 3.8) is 0 Å². The van der Waals surface area contributed by atoms with Crippen LogP contribution in [0.2, 0.25) is 5.02 Å². The van der Waals surface area contributed by atoms with Gasteiger partial charge in [-0.2, -0.15) is 0 Å². The highest BCUT2D eigenvalue weighted by Gasteiger charge is 2.56. The summed E-state index contributed by atoms with van der Waals surface area (Å²) in [5.74, 6) is 0.901. The van der Waals surface area contributed by atoms with Crippen molar-refractivity contribution in [2.24, 2.45) is 5.73 Å². The lowest BCUT2D eigenvalue weighted by Crippen LogP contribution is -2.57. The number of rotatable bonds is 7. The first-order valence-electron chi connectivity index (χ1n) is 13.0. The maximum absolute atomic E-state index is 14.5. The number of amides is 1. The van der Waals surface area contributed by atoms with Gasteiger partial charge < -0.3 is 20.7 Å². The number of hydrogen-bond acceptors (Lipinski definition) is 5. The summed E-state index contributed by atoms with van der Waals surface area (Å²) in [5.41, 5.74) is 10.9. The summed E-state index contributed by atoms with van der Waals surface area (Å²) in [7, 11) is 3.50. The quantitative estimate of drug-likeness (QED) is 0.439. The third kappa shape index (κ3) is 4.74. The van der Waals surface area contributed by atoms with Crippen LogP contribution in [0, 0.1) is 0 Å². The molecule has 2 aliphatic heterocycles.